The molecule has 1 aromatic rings. The van der Waals surface area contributed by atoms with E-state index in [1.54, 1.807) is 12.2 Å². The molecule has 1 saturated heterocycles. The zero-order valence-electron chi connectivity index (χ0n) is 23.7. The fourth-order valence-corrected chi connectivity index (χ4v) is 8.05. The van der Waals surface area contributed by atoms with E-state index in [4.69, 9.17) is 19.9 Å². The Morgan fingerprint density at radius 3 is 2.80 bits per heavy atom. The van der Waals surface area contributed by atoms with Crippen molar-refractivity contribution in [1.29, 1.82) is 0 Å². The van der Waals surface area contributed by atoms with Gasteiger partial charge in [0, 0.05) is 11.5 Å². The van der Waals surface area contributed by atoms with Crippen molar-refractivity contribution in [3.8, 4) is 5.75 Å². The highest BCUT2D eigenvalue weighted by Gasteiger charge is 2.74. The molecule has 1 aromatic carbocycles. The van der Waals surface area contributed by atoms with Gasteiger partial charge in [-0.2, -0.15) is 0 Å². The van der Waals surface area contributed by atoms with E-state index in [1.165, 1.54) is 18.2 Å². The van der Waals surface area contributed by atoms with Crippen LogP contribution in [-0.4, -0.2) is 47.4 Å². The molecule has 3 aliphatic carbocycles. The third-order valence-electron chi connectivity index (χ3n) is 9.86. The number of allylic oxidation sites excluding steroid dienone is 4. The van der Waals surface area contributed by atoms with Crippen LogP contribution in [0.3, 0.4) is 0 Å². The van der Waals surface area contributed by atoms with Crippen molar-refractivity contribution in [2.45, 2.75) is 96.2 Å². The molecule has 4 aliphatic rings. The first-order chi connectivity index (χ1) is 19.1. The molecule has 8 heteroatoms. The summed E-state index contributed by atoms with van der Waals surface area (Å²) in [5.41, 5.74) is 4.76. The first-order valence-corrected chi connectivity index (χ1v) is 14.7. The molecule has 0 aromatic heterocycles. The summed E-state index contributed by atoms with van der Waals surface area (Å²) in [5, 5.41) is 11.5. The topological polar surface area (TPSA) is 108 Å². The summed E-state index contributed by atoms with van der Waals surface area (Å²) in [6.07, 6.45) is 9.34. The zero-order valence-corrected chi connectivity index (χ0v) is 23.7. The Morgan fingerprint density at radius 2 is 2.08 bits per heavy atom. The number of carbonyl (C=O) groups is 2. The lowest BCUT2D eigenvalue weighted by molar-refractivity contribution is -0.194. The molecule has 1 heterocycles. The molecule has 8 atom stereocenters. The van der Waals surface area contributed by atoms with E-state index in [0.29, 0.717) is 25.7 Å². The molecule has 0 radical (unpaired) electrons. The number of carbonyl (C=O) groups excluding carboxylic acids is 2. The molecule has 4 fully saturated rings. The Labute approximate surface area is 235 Å². The number of nitrogens with two attached hydrogens (primary N) is 1. The summed E-state index contributed by atoms with van der Waals surface area (Å²) in [6, 6.07) is 4.12. The van der Waals surface area contributed by atoms with E-state index in [2.05, 4.69) is 6.92 Å². The van der Waals surface area contributed by atoms with Gasteiger partial charge in [0.25, 0.3) is 0 Å². The number of halogens is 1. The molecule has 0 unspecified atom stereocenters. The van der Waals surface area contributed by atoms with Gasteiger partial charge in [0.05, 0.1) is 17.9 Å². The van der Waals surface area contributed by atoms with Crippen molar-refractivity contribution in [1.82, 2.24) is 0 Å². The second-order valence-corrected chi connectivity index (χ2v) is 12.2. The molecule has 1 aliphatic heterocycles. The first kappa shape index (κ1) is 29.0. The van der Waals surface area contributed by atoms with E-state index in [0.717, 1.165) is 31.3 Å². The lowest BCUT2D eigenvalue weighted by atomic mass is 9.52. The average Bonchev–Trinajstić information content (AvgIpc) is 3.40. The Kier molecular flexibility index (Phi) is 8.24. The molecule has 40 heavy (non-hydrogen) atoms. The van der Waals surface area contributed by atoms with Gasteiger partial charge >= 0.3 is 0 Å². The lowest BCUT2D eigenvalue weighted by Gasteiger charge is -2.55. The monoisotopic (exact) mass is 555 g/mol. The molecule has 3 N–H and O–H groups in total. The highest BCUT2D eigenvalue weighted by molar-refractivity contribution is 5.99. The maximum Gasteiger partial charge on any atom is 0.205 e. The summed E-state index contributed by atoms with van der Waals surface area (Å²) in [5.74, 6) is -0.311. The molecule has 7 nitrogen and oxygen atoms in total. The number of benzene rings is 1. The van der Waals surface area contributed by atoms with Crippen LogP contribution < -0.4 is 10.5 Å². The third kappa shape index (κ3) is 4.92. The smallest absolute Gasteiger partial charge is 0.205 e. The molecule has 0 amide bonds. The van der Waals surface area contributed by atoms with Crippen LogP contribution in [0.25, 0.3) is 0 Å². The minimum Gasteiger partial charge on any atom is -0.486 e. The lowest BCUT2D eigenvalue weighted by Crippen LogP contribution is -2.62. The highest BCUT2D eigenvalue weighted by Crippen LogP contribution is 2.67. The molecule has 5 rings (SSSR count). The maximum atomic E-state index is 14.1. The minimum atomic E-state index is -1.26. The second-order valence-electron chi connectivity index (χ2n) is 12.2. The number of nitrogen functional groups attached to an aromatic ring is 1. The fourth-order valence-electron chi connectivity index (χ4n) is 8.05. The average molecular weight is 556 g/mol. The fraction of sp³-hybridized carbons (Fsp3) is 0.625. The summed E-state index contributed by atoms with van der Waals surface area (Å²) < 4.78 is 32.8. The predicted octanol–water partition coefficient (Wildman–Crippen LogP) is 5.31. The van der Waals surface area contributed by atoms with Crippen LogP contribution in [-0.2, 0) is 19.1 Å². The SMILES string of the molecule is CC/C=C\C(=O)/C=C1/CC[C@@H]2[C@@H](C1)[C@@H](O)C[C@@]1(C)[C@H]2C[C@H]2O[C@@H](CCC)O[C@]21C(=O)COc1ccc(N)c(F)c1. The zero-order chi connectivity index (χ0) is 28.7. The van der Waals surface area contributed by atoms with Gasteiger partial charge in [0.2, 0.25) is 5.78 Å². The summed E-state index contributed by atoms with van der Waals surface area (Å²) in [7, 11) is 0. The minimum absolute atomic E-state index is 0.00450. The first-order valence-electron chi connectivity index (χ1n) is 14.7. The van der Waals surface area contributed by atoms with Gasteiger partial charge in [-0.3, -0.25) is 9.59 Å². The molecule has 0 bridgehead atoms. The van der Waals surface area contributed by atoms with Crippen molar-refractivity contribution in [3.05, 3.63) is 47.8 Å². The van der Waals surface area contributed by atoms with Crippen molar-refractivity contribution < 1.29 is 33.3 Å². The van der Waals surface area contributed by atoms with Gasteiger partial charge in [-0.05, 0) is 87.0 Å². The summed E-state index contributed by atoms with van der Waals surface area (Å²) in [4.78, 5) is 26.5. The van der Waals surface area contributed by atoms with Crippen LogP contribution in [0.1, 0.15) is 72.1 Å². The maximum absolute atomic E-state index is 14.1. The van der Waals surface area contributed by atoms with Gasteiger partial charge in [-0.15, -0.1) is 0 Å². The van der Waals surface area contributed by atoms with E-state index >= 15 is 0 Å². The Bertz CT molecular complexity index is 1200. The molecular weight excluding hydrogens is 513 g/mol. The molecule has 0 spiro atoms. The van der Waals surface area contributed by atoms with Gasteiger partial charge < -0.3 is 25.1 Å². The number of rotatable bonds is 9. The molecular formula is C32H42FNO6. The normalized spacial score (nSPS) is 37.8. The number of hydrogen-bond donors (Lipinski definition) is 2. The number of hydrogen-bond acceptors (Lipinski definition) is 7. The highest BCUT2D eigenvalue weighted by atomic mass is 19.1. The van der Waals surface area contributed by atoms with Crippen molar-refractivity contribution in [3.63, 3.8) is 0 Å². The van der Waals surface area contributed by atoms with Crippen LogP contribution in [0.4, 0.5) is 10.1 Å². The number of anilines is 1. The Hall–Kier alpha value is -2.55. The summed E-state index contributed by atoms with van der Waals surface area (Å²) in [6.45, 7) is 5.81. The van der Waals surface area contributed by atoms with Gasteiger partial charge in [-0.1, -0.05) is 38.8 Å². The van der Waals surface area contributed by atoms with Crippen LogP contribution in [0.5, 0.6) is 5.75 Å². The van der Waals surface area contributed by atoms with Crippen LogP contribution in [0.2, 0.25) is 0 Å². The van der Waals surface area contributed by atoms with Crippen LogP contribution in [0.15, 0.2) is 42.0 Å². The Balaban J connectivity index is 1.40. The van der Waals surface area contributed by atoms with Crippen molar-refractivity contribution >= 4 is 17.3 Å². The second kappa shape index (κ2) is 11.4. The van der Waals surface area contributed by atoms with Gasteiger partial charge in [0.1, 0.15) is 18.2 Å². The molecule has 218 valence electrons. The van der Waals surface area contributed by atoms with E-state index in [1.807, 2.05) is 19.9 Å². The quantitative estimate of drug-likeness (QED) is 0.314. The summed E-state index contributed by atoms with van der Waals surface area (Å²) >= 11 is 0. The number of aliphatic hydroxyl groups excluding tert-OH is 1. The number of ether oxygens (including phenoxy) is 3. The predicted molar refractivity (Wildman–Crippen MR) is 149 cm³/mol. The molecule has 3 saturated carbocycles. The van der Waals surface area contributed by atoms with Crippen molar-refractivity contribution in [2.24, 2.45) is 23.2 Å². The Morgan fingerprint density at radius 1 is 1.27 bits per heavy atom. The van der Waals surface area contributed by atoms with E-state index < -0.39 is 35.3 Å². The van der Waals surface area contributed by atoms with Gasteiger partial charge in [0.15, 0.2) is 17.7 Å². The van der Waals surface area contributed by atoms with Gasteiger partial charge in [-0.25, -0.2) is 4.39 Å². The van der Waals surface area contributed by atoms with Crippen LogP contribution in [0, 0.1) is 29.0 Å². The number of ketones is 2. The number of Topliss-reactive ketones (excluding diaryl/α,β-unsaturated/α-hetero) is 1. The number of aliphatic hydroxyl groups is 1. The van der Waals surface area contributed by atoms with Crippen molar-refractivity contribution in [2.75, 3.05) is 12.3 Å². The third-order valence-corrected chi connectivity index (χ3v) is 9.86. The van der Waals surface area contributed by atoms with E-state index in [-0.39, 0.29) is 47.4 Å². The number of fused-ring (bicyclic) bond motifs is 5. The van der Waals surface area contributed by atoms with E-state index in [9.17, 15) is 19.1 Å². The largest absolute Gasteiger partial charge is 0.486 e. The standard InChI is InChI=1S/C32H42FNO6/c1-4-6-8-20(35)13-19-9-11-22-23(14-19)27(36)17-31(3)24(22)16-29-32(31,40-30(39-29)7-5-2)28(37)18-38-21-10-12-26(34)25(33)15-21/h6,8,10,12-13,15,22-24,27,29-30,36H,4-5,7,9,11,14,16-18,34H2,1-3H3/b8-6-,19-13-/t22-,23-,24+,27+,29-,30-,31+,32-/m1/s1. The van der Waals surface area contributed by atoms with Crippen LogP contribution >= 0.6 is 0 Å².